The molecule has 1 unspecified atom stereocenters. The molecule has 4 heteroatoms. The first-order valence-electron chi connectivity index (χ1n) is 2.69. The second-order valence-corrected chi connectivity index (χ2v) is 2.07. The first kappa shape index (κ1) is 6.07. The number of hydrogen-bond donors (Lipinski definition) is 2. The molecule has 0 aromatic rings. The molecule has 0 spiro atoms. The van der Waals surface area contributed by atoms with Gasteiger partial charge >= 0.3 is 5.97 Å². The maximum Gasteiger partial charge on any atom is 0.305 e. The van der Waals surface area contributed by atoms with E-state index in [2.05, 4.69) is 5.32 Å². The number of carbonyl (C=O) groups is 2. The van der Waals surface area contributed by atoms with Crippen molar-refractivity contribution in [3.05, 3.63) is 0 Å². The van der Waals surface area contributed by atoms with Crippen molar-refractivity contribution in [3.63, 3.8) is 0 Å². The molecule has 4 nitrogen and oxygen atoms in total. The van der Waals surface area contributed by atoms with Crippen LogP contribution in [-0.4, -0.2) is 23.0 Å². The van der Waals surface area contributed by atoms with Crippen molar-refractivity contribution >= 4 is 11.9 Å². The highest BCUT2D eigenvalue weighted by atomic mass is 16.4. The lowest BCUT2D eigenvalue weighted by Gasteiger charge is -2.24. The average molecular weight is 129 g/mol. The van der Waals surface area contributed by atoms with E-state index in [1.807, 2.05) is 0 Å². The van der Waals surface area contributed by atoms with Gasteiger partial charge in [0, 0.05) is 12.5 Å². The van der Waals surface area contributed by atoms with Gasteiger partial charge in [0.2, 0.25) is 5.91 Å². The summed E-state index contributed by atoms with van der Waals surface area (Å²) in [5, 5.41) is 10.6. The predicted octanol–water partition coefficient (Wildman–Crippen LogP) is -0.650. The summed E-state index contributed by atoms with van der Waals surface area (Å²) in [6, 6.07) is -0.116. The van der Waals surface area contributed by atoms with Crippen LogP contribution in [0.4, 0.5) is 0 Å². The standard InChI is InChI=1S/C5H7NO3/c7-4-1-3(6-4)2-5(8)9/h3H,1-2H2,(H,6,7)(H,8,9). The molecule has 0 radical (unpaired) electrons. The first-order chi connectivity index (χ1) is 4.18. The molecule has 9 heavy (non-hydrogen) atoms. The van der Waals surface area contributed by atoms with Gasteiger partial charge in [-0.1, -0.05) is 0 Å². The molecule has 50 valence electrons. The van der Waals surface area contributed by atoms with Gasteiger partial charge in [0.1, 0.15) is 0 Å². The summed E-state index contributed by atoms with van der Waals surface area (Å²) in [5.41, 5.74) is 0. The number of amides is 1. The number of β-lactam (4-membered cyclic amide) rings is 1. The van der Waals surface area contributed by atoms with Crippen molar-refractivity contribution in [2.24, 2.45) is 0 Å². The van der Waals surface area contributed by atoms with Crippen LogP contribution in [0.25, 0.3) is 0 Å². The summed E-state index contributed by atoms with van der Waals surface area (Å²) < 4.78 is 0. The van der Waals surface area contributed by atoms with Crippen LogP contribution in [0.2, 0.25) is 0 Å². The molecular formula is C5H7NO3. The molecule has 0 bridgehead atoms. The van der Waals surface area contributed by atoms with E-state index < -0.39 is 5.97 Å². The number of hydrogen-bond acceptors (Lipinski definition) is 2. The van der Waals surface area contributed by atoms with Crippen LogP contribution in [0.15, 0.2) is 0 Å². The van der Waals surface area contributed by atoms with E-state index in [0.717, 1.165) is 0 Å². The van der Waals surface area contributed by atoms with Gasteiger partial charge in [-0.05, 0) is 0 Å². The van der Waals surface area contributed by atoms with Gasteiger partial charge in [0.05, 0.1) is 6.42 Å². The minimum Gasteiger partial charge on any atom is -0.481 e. The van der Waals surface area contributed by atoms with Crippen molar-refractivity contribution in [2.45, 2.75) is 18.9 Å². The summed E-state index contributed by atoms with van der Waals surface area (Å²) in [6.07, 6.45) is 0.415. The Bertz CT molecular complexity index is 146. The second kappa shape index (κ2) is 2.05. The van der Waals surface area contributed by atoms with Crippen molar-refractivity contribution in [1.82, 2.24) is 5.32 Å². The molecule has 0 aromatic heterocycles. The zero-order valence-corrected chi connectivity index (χ0v) is 4.76. The Morgan fingerprint density at radius 1 is 1.89 bits per heavy atom. The highest BCUT2D eigenvalue weighted by Gasteiger charge is 2.26. The molecule has 1 aliphatic heterocycles. The van der Waals surface area contributed by atoms with Crippen LogP contribution < -0.4 is 5.32 Å². The average Bonchev–Trinajstić information content (AvgIpc) is 1.60. The van der Waals surface area contributed by atoms with Crippen LogP contribution in [0, 0.1) is 0 Å². The van der Waals surface area contributed by atoms with E-state index in [-0.39, 0.29) is 18.4 Å². The summed E-state index contributed by atoms with van der Waals surface area (Å²) >= 11 is 0. The highest BCUT2D eigenvalue weighted by Crippen LogP contribution is 2.07. The Kier molecular flexibility index (Phi) is 1.38. The Balaban J connectivity index is 2.18. The fourth-order valence-electron chi connectivity index (χ4n) is 0.764. The maximum atomic E-state index is 10.2. The first-order valence-corrected chi connectivity index (χ1v) is 2.69. The topological polar surface area (TPSA) is 66.4 Å². The van der Waals surface area contributed by atoms with Gasteiger partial charge in [0.25, 0.3) is 0 Å². The predicted molar refractivity (Wildman–Crippen MR) is 28.8 cm³/mol. The quantitative estimate of drug-likeness (QED) is 0.487. The van der Waals surface area contributed by atoms with Crippen molar-refractivity contribution < 1.29 is 14.7 Å². The molecule has 1 heterocycles. The summed E-state index contributed by atoms with van der Waals surface area (Å²) in [4.78, 5) is 20.1. The smallest absolute Gasteiger partial charge is 0.305 e. The molecule has 0 aromatic carbocycles. The SMILES string of the molecule is O=C(O)CC1CC(=O)N1. The molecular weight excluding hydrogens is 122 g/mol. The normalized spacial score (nSPS) is 24.4. The van der Waals surface area contributed by atoms with Crippen molar-refractivity contribution in [3.8, 4) is 0 Å². The Morgan fingerprint density at radius 2 is 2.44 bits per heavy atom. The van der Waals surface area contributed by atoms with Gasteiger partial charge in [-0.25, -0.2) is 0 Å². The number of nitrogens with one attached hydrogen (secondary N) is 1. The van der Waals surface area contributed by atoms with Gasteiger partial charge in [0.15, 0.2) is 0 Å². The van der Waals surface area contributed by atoms with E-state index in [0.29, 0.717) is 6.42 Å². The maximum absolute atomic E-state index is 10.2. The minimum absolute atomic E-state index is 0.0474. The van der Waals surface area contributed by atoms with E-state index in [9.17, 15) is 9.59 Å². The molecule has 1 atom stereocenters. The van der Waals surface area contributed by atoms with E-state index >= 15 is 0 Å². The molecule has 2 N–H and O–H groups in total. The largest absolute Gasteiger partial charge is 0.481 e. The Morgan fingerprint density at radius 3 is 2.78 bits per heavy atom. The van der Waals surface area contributed by atoms with E-state index in [4.69, 9.17) is 5.11 Å². The molecule has 0 saturated carbocycles. The Hall–Kier alpha value is -1.06. The molecule has 1 amide bonds. The van der Waals surface area contributed by atoms with Gasteiger partial charge in [-0.2, -0.15) is 0 Å². The lowest BCUT2D eigenvalue weighted by molar-refractivity contribution is -0.139. The summed E-state index contributed by atoms with van der Waals surface area (Å²) in [6.45, 7) is 0. The summed E-state index contributed by atoms with van der Waals surface area (Å²) in [7, 11) is 0. The number of rotatable bonds is 2. The van der Waals surface area contributed by atoms with Crippen molar-refractivity contribution in [1.29, 1.82) is 0 Å². The zero-order valence-electron chi connectivity index (χ0n) is 4.76. The minimum atomic E-state index is -0.861. The number of aliphatic carboxylic acids is 1. The monoisotopic (exact) mass is 129 g/mol. The number of carbonyl (C=O) groups excluding carboxylic acids is 1. The van der Waals surface area contributed by atoms with Crippen molar-refractivity contribution in [2.75, 3.05) is 0 Å². The zero-order chi connectivity index (χ0) is 6.85. The van der Waals surface area contributed by atoms with Gasteiger partial charge < -0.3 is 10.4 Å². The third-order valence-corrected chi connectivity index (χ3v) is 1.22. The van der Waals surface area contributed by atoms with E-state index in [1.165, 1.54) is 0 Å². The van der Waals surface area contributed by atoms with E-state index in [1.54, 1.807) is 0 Å². The highest BCUT2D eigenvalue weighted by molar-refractivity contribution is 5.84. The third kappa shape index (κ3) is 1.42. The number of carboxylic acid groups (broad SMARTS) is 1. The molecule has 0 aliphatic carbocycles. The summed E-state index contributed by atoms with van der Waals surface area (Å²) in [5.74, 6) is -0.916. The van der Waals surface area contributed by atoms with Crippen LogP contribution >= 0.6 is 0 Å². The third-order valence-electron chi connectivity index (χ3n) is 1.22. The molecule has 1 fully saturated rings. The Labute approximate surface area is 51.9 Å². The number of carboxylic acids is 1. The van der Waals surface area contributed by atoms with Crippen LogP contribution in [-0.2, 0) is 9.59 Å². The second-order valence-electron chi connectivity index (χ2n) is 2.07. The molecule has 1 rings (SSSR count). The van der Waals surface area contributed by atoms with Crippen LogP contribution in [0.3, 0.4) is 0 Å². The lowest BCUT2D eigenvalue weighted by Crippen LogP contribution is -2.49. The fraction of sp³-hybridized carbons (Fsp3) is 0.600. The van der Waals surface area contributed by atoms with Gasteiger partial charge in [-0.15, -0.1) is 0 Å². The van der Waals surface area contributed by atoms with Gasteiger partial charge in [-0.3, -0.25) is 9.59 Å². The molecule has 1 aliphatic rings. The van der Waals surface area contributed by atoms with Crippen LogP contribution in [0.5, 0.6) is 0 Å². The fourth-order valence-corrected chi connectivity index (χ4v) is 0.764. The van der Waals surface area contributed by atoms with Crippen LogP contribution in [0.1, 0.15) is 12.8 Å². The molecule has 1 saturated heterocycles. The lowest BCUT2D eigenvalue weighted by atomic mass is 10.0.